The molecule has 0 fully saturated rings. The quantitative estimate of drug-likeness (QED) is 0.656. The van der Waals surface area contributed by atoms with Gasteiger partial charge in [0, 0.05) is 11.4 Å². The fourth-order valence-corrected chi connectivity index (χ4v) is 3.31. The van der Waals surface area contributed by atoms with Gasteiger partial charge in [-0.3, -0.25) is 4.21 Å². The molecule has 2 nitrogen and oxygen atoms in total. The minimum atomic E-state index is -1.03. The van der Waals surface area contributed by atoms with Crippen molar-refractivity contribution in [1.82, 2.24) is 0 Å². The molecule has 0 spiro atoms. The lowest BCUT2D eigenvalue weighted by Crippen LogP contribution is -2.01. The molecule has 0 heterocycles. The van der Waals surface area contributed by atoms with Gasteiger partial charge in [0.05, 0.1) is 20.7 Å². The molecule has 0 aromatic heterocycles. The number of nitrogens with two attached hydrogens (primary N) is 1. The Hall–Kier alpha value is -0.190. The van der Waals surface area contributed by atoms with Crippen LogP contribution in [0.2, 0.25) is 5.02 Å². The molecule has 0 saturated carbocycles. The first-order valence-corrected chi connectivity index (χ1v) is 7.66. The Kier molecular flexibility index (Phi) is 5.50. The maximum absolute atomic E-state index is 11.9. The second-order valence-electron chi connectivity index (χ2n) is 3.09. The molecule has 0 saturated heterocycles. The van der Waals surface area contributed by atoms with Crippen molar-refractivity contribution in [1.29, 1.82) is 0 Å². The Balaban J connectivity index is 2.68. The van der Waals surface area contributed by atoms with Gasteiger partial charge in [-0.05, 0) is 36.6 Å². The SMILES string of the molecule is CSCCCS(=O)c1cc(N)ccc1Cl. The summed E-state index contributed by atoms with van der Waals surface area (Å²) in [5, 5.41) is 0.534. The van der Waals surface area contributed by atoms with Crippen LogP contribution in [0.25, 0.3) is 0 Å². The molecule has 1 unspecified atom stereocenters. The van der Waals surface area contributed by atoms with Crippen molar-refractivity contribution in [2.45, 2.75) is 11.3 Å². The highest BCUT2D eigenvalue weighted by Crippen LogP contribution is 2.22. The third-order valence-electron chi connectivity index (χ3n) is 1.88. The van der Waals surface area contributed by atoms with Gasteiger partial charge in [0.1, 0.15) is 0 Å². The maximum Gasteiger partial charge on any atom is 0.0594 e. The summed E-state index contributed by atoms with van der Waals surface area (Å²) in [6.07, 6.45) is 2.97. The minimum absolute atomic E-state index is 0.534. The Morgan fingerprint density at radius 1 is 1.53 bits per heavy atom. The summed E-state index contributed by atoms with van der Waals surface area (Å²) in [5.41, 5.74) is 6.23. The van der Waals surface area contributed by atoms with Crippen molar-refractivity contribution >= 4 is 39.8 Å². The number of hydrogen-bond acceptors (Lipinski definition) is 3. The van der Waals surface area contributed by atoms with Gasteiger partial charge in [0.15, 0.2) is 0 Å². The summed E-state index contributed by atoms with van der Waals surface area (Å²) in [5.74, 6) is 1.66. The number of nitrogen functional groups attached to an aromatic ring is 1. The zero-order chi connectivity index (χ0) is 11.3. The van der Waals surface area contributed by atoms with E-state index >= 15 is 0 Å². The fraction of sp³-hybridized carbons (Fsp3) is 0.400. The largest absolute Gasteiger partial charge is 0.399 e. The van der Waals surface area contributed by atoms with Crippen molar-refractivity contribution in [3.63, 3.8) is 0 Å². The van der Waals surface area contributed by atoms with E-state index in [0.29, 0.717) is 21.4 Å². The van der Waals surface area contributed by atoms with Gasteiger partial charge in [-0.25, -0.2) is 0 Å². The van der Waals surface area contributed by atoms with Gasteiger partial charge in [0.25, 0.3) is 0 Å². The number of halogens is 1. The van der Waals surface area contributed by atoms with Crippen molar-refractivity contribution in [3.8, 4) is 0 Å². The predicted molar refractivity (Wildman–Crippen MR) is 70.1 cm³/mol. The molecule has 0 aliphatic carbocycles. The summed E-state index contributed by atoms with van der Waals surface area (Å²) >= 11 is 7.70. The Morgan fingerprint density at radius 3 is 2.93 bits per heavy atom. The lowest BCUT2D eigenvalue weighted by atomic mass is 10.3. The smallest absolute Gasteiger partial charge is 0.0594 e. The first-order valence-electron chi connectivity index (χ1n) is 4.57. The number of rotatable bonds is 5. The highest BCUT2D eigenvalue weighted by Gasteiger charge is 2.08. The molecule has 0 amide bonds. The van der Waals surface area contributed by atoms with Gasteiger partial charge in [0.2, 0.25) is 0 Å². The van der Waals surface area contributed by atoms with Gasteiger partial charge in [-0.15, -0.1) is 0 Å². The van der Waals surface area contributed by atoms with Crippen LogP contribution in [0.1, 0.15) is 6.42 Å². The van der Waals surface area contributed by atoms with Crippen molar-refractivity contribution in [2.24, 2.45) is 0 Å². The van der Waals surface area contributed by atoms with E-state index in [-0.39, 0.29) is 0 Å². The van der Waals surface area contributed by atoms with Crippen LogP contribution in [-0.4, -0.2) is 22.0 Å². The molecular weight excluding hydrogens is 250 g/mol. The fourth-order valence-electron chi connectivity index (χ4n) is 1.14. The Morgan fingerprint density at radius 2 is 2.27 bits per heavy atom. The van der Waals surface area contributed by atoms with E-state index in [1.807, 2.05) is 6.26 Å². The standard InChI is InChI=1S/C10H14ClNOS2/c1-14-5-2-6-15(13)10-7-8(12)3-4-9(10)11/h3-4,7H,2,5-6,12H2,1H3. The number of thioether (sulfide) groups is 1. The maximum atomic E-state index is 11.9. The molecule has 2 N–H and O–H groups in total. The Bertz CT molecular complexity index is 357. The third-order valence-corrected chi connectivity index (χ3v) is 4.51. The van der Waals surface area contributed by atoms with E-state index in [4.69, 9.17) is 17.3 Å². The molecule has 84 valence electrons. The highest BCUT2D eigenvalue weighted by atomic mass is 35.5. The van der Waals surface area contributed by atoms with Crippen molar-refractivity contribution < 1.29 is 4.21 Å². The van der Waals surface area contributed by atoms with E-state index in [2.05, 4.69) is 0 Å². The molecule has 0 radical (unpaired) electrons. The summed E-state index contributed by atoms with van der Waals surface area (Å²) in [4.78, 5) is 0.651. The Labute approximate surface area is 102 Å². The predicted octanol–water partition coefficient (Wildman–Crippen LogP) is 2.78. The van der Waals surface area contributed by atoms with Crippen LogP contribution in [-0.2, 0) is 10.8 Å². The van der Waals surface area contributed by atoms with Crippen LogP contribution in [0.3, 0.4) is 0 Å². The number of hydrogen-bond donors (Lipinski definition) is 1. The van der Waals surface area contributed by atoms with Crippen LogP contribution in [0.15, 0.2) is 23.1 Å². The number of benzene rings is 1. The van der Waals surface area contributed by atoms with Gasteiger partial charge < -0.3 is 5.73 Å². The normalized spacial score (nSPS) is 12.7. The summed E-state index contributed by atoms with van der Waals surface area (Å²) in [6.45, 7) is 0. The molecule has 5 heteroatoms. The molecule has 0 aliphatic rings. The second-order valence-corrected chi connectivity index (χ2v) is 6.02. The van der Waals surface area contributed by atoms with E-state index in [9.17, 15) is 4.21 Å². The van der Waals surface area contributed by atoms with E-state index in [0.717, 1.165) is 12.2 Å². The first kappa shape index (κ1) is 12.9. The minimum Gasteiger partial charge on any atom is -0.399 e. The second kappa shape index (κ2) is 6.40. The summed E-state index contributed by atoms with van der Waals surface area (Å²) in [6, 6.07) is 5.10. The molecule has 1 rings (SSSR count). The van der Waals surface area contributed by atoms with Crippen molar-refractivity contribution in [2.75, 3.05) is 23.5 Å². The highest BCUT2D eigenvalue weighted by molar-refractivity contribution is 7.98. The topological polar surface area (TPSA) is 43.1 Å². The first-order chi connectivity index (χ1) is 7.15. The molecule has 1 aromatic rings. The zero-order valence-corrected chi connectivity index (χ0v) is 10.9. The molecule has 1 aromatic carbocycles. The monoisotopic (exact) mass is 263 g/mol. The average molecular weight is 264 g/mol. The van der Waals surface area contributed by atoms with Crippen LogP contribution >= 0.6 is 23.4 Å². The lowest BCUT2D eigenvalue weighted by molar-refractivity contribution is 0.682. The molecular formula is C10H14ClNOS2. The summed E-state index contributed by atoms with van der Waals surface area (Å²) < 4.78 is 11.9. The van der Waals surface area contributed by atoms with Gasteiger partial charge in [-0.2, -0.15) is 11.8 Å². The average Bonchev–Trinajstić information content (AvgIpc) is 2.22. The van der Waals surface area contributed by atoms with E-state index < -0.39 is 10.8 Å². The molecule has 15 heavy (non-hydrogen) atoms. The van der Waals surface area contributed by atoms with Gasteiger partial charge >= 0.3 is 0 Å². The van der Waals surface area contributed by atoms with Crippen molar-refractivity contribution in [3.05, 3.63) is 23.2 Å². The summed E-state index contributed by atoms with van der Waals surface area (Å²) in [7, 11) is -1.03. The van der Waals surface area contributed by atoms with Crippen LogP contribution in [0, 0.1) is 0 Å². The lowest BCUT2D eigenvalue weighted by Gasteiger charge is -2.05. The van der Waals surface area contributed by atoms with Crippen LogP contribution in [0.4, 0.5) is 5.69 Å². The molecule has 0 aliphatic heterocycles. The molecule has 0 bridgehead atoms. The van der Waals surface area contributed by atoms with Gasteiger partial charge in [-0.1, -0.05) is 11.6 Å². The van der Waals surface area contributed by atoms with Crippen LogP contribution in [0.5, 0.6) is 0 Å². The molecule has 1 atom stereocenters. The van der Waals surface area contributed by atoms with E-state index in [1.54, 1.807) is 30.0 Å². The zero-order valence-electron chi connectivity index (χ0n) is 8.53. The third kappa shape index (κ3) is 4.05. The van der Waals surface area contributed by atoms with E-state index in [1.165, 1.54) is 0 Å². The van der Waals surface area contributed by atoms with Crippen LogP contribution < -0.4 is 5.73 Å². The number of anilines is 1.